The molecular formula is C16H19F3N2O7S. The minimum atomic E-state index is -4.49. The maximum absolute atomic E-state index is 12.2. The highest BCUT2D eigenvalue weighted by atomic mass is 32.2. The average molecular weight is 440 g/mol. The van der Waals surface area contributed by atoms with Gasteiger partial charge in [-0.15, -0.1) is 0 Å². The number of nitrogens with zero attached hydrogens (tertiary/aromatic N) is 1. The molecule has 162 valence electrons. The summed E-state index contributed by atoms with van der Waals surface area (Å²) in [6.07, 6.45) is -5.89. The minimum absolute atomic E-state index is 0.0561. The zero-order valence-electron chi connectivity index (χ0n) is 15.4. The van der Waals surface area contributed by atoms with Gasteiger partial charge >= 0.3 is 12.3 Å². The van der Waals surface area contributed by atoms with Gasteiger partial charge in [0, 0.05) is 18.4 Å². The molecule has 2 atom stereocenters. The monoisotopic (exact) mass is 440 g/mol. The molecule has 1 fully saturated rings. The molecule has 0 saturated carbocycles. The Morgan fingerprint density at radius 2 is 1.93 bits per heavy atom. The Balaban J connectivity index is 2.11. The number of nitrogens with one attached hydrogen (secondary N) is 1. The van der Waals surface area contributed by atoms with Crippen molar-refractivity contribution >= 4 is 27.5 Å². The van der Waals surface area contributed by atoms with E-state index in [0.717, 1.165) is 18.1 Å². The molecule has 1 aromatic rings. The zero-order chi connectivity index (χ0) is 22.0. The second-order valence-electron chi connectivity index (χ2n) is 6.66. The molecule has 0 unspecified atom stereocenters. The summed E-state index contributed by atoms with van der Waals surface area (Å²) in [6.45, 7) is -0.472. The Morgan fingerprint density at radius 3 is 2.41 bits per heavy atom. The first-order chi connectivity index (χ1) is 13.3. The molecule has 0 spiro atoms. The molecule has 13 heteroatoms. The van der Waals surface area contributed by atoms with E-state index < -0.39 is 51.9 Å². The third-order valence-corrected chi connectivity index (χ3v) is 6.43. The summed E-state index contributed by atoms with van der Waals surface area (Å²) in [5.41, 5.74) is 1.58. The van der Waals surface area contributed by atoms with Gasteiger partial charge in [-0.05, 0) is 31.2 Å². The number of anilines is 1. The van der Waals surface area contributed by atoms with Crippen molar-refractivity contribution in [2.24, 2.45) is 0 Å². The summed E-state index contributed by atoms with van der Waals surface area (Å²) in [7, 11) is -3.98. The lowest BCUT2D eigenvalue weighted by Gasteiger charge is -2.26. The first kappa shape index (κ1) is 22.7. The molecule has 1 aromatic carbocycles. The first-order valence-electron chi connectivity index (χ1n) is 8.19. The van der Waals surface area contributed by atoms with Crippen molar-refractivity contribution in [1.82, 2.24) is 5.48 Å². The minimum Gasteiger partial charge on any atom is -0.484 e. The number of alkyl halides is 3. The van der Waals surface area contributed by atoms with Crippen molar-refractivity contribution in [1.29, 1.82) is 0 Å². The molecule has 1 heterocycles. The second kappa shape index (κ2) is 8.06. The SMILES string of the molecule is C[C@@](C[C@H]1CN(c2ccc(OCC(F)(F)F)cc2)C(=O)O1)(C(=O)NO)S(C)(=O)=O. The van der Waals surface area contributed by atoms with Crippen LogP contribution in [0.4, 0.5) is 23.7 Å². The van der Waals surface area contributed by atoms with Crippen molar-refractivity contribution in [3.05, 3.63) is 24.3 Å². The predicted molar refractivity (Wildman–Crippen MR) is 93.4 cm³/mol. The van der Waals surface area contributed by atoms with E-state index >= 15 is 0 Å². The number of ether oxygens (including phenoxy) is 2. The fraction of sp³-hybridized carbons (Fsp3) is 0.500. The normalized spacial score (nSPS) is 19.4. The zero-order valence-corrected chi connectivity index (χ0v) is 16.2. The molecule has 0 radical (unpaired) electrons. The van der Waals surface area contributed by atoms with E-state index in [1.165, 1.54) is 29.7 Å². The molecule has 2 N–H and O–H groups in total. The van der Waals surface area contributed by atoms with Gasteiger partial charge in [-0.3, -0.25) is 14.9 Å². The average Bonchev–Trinajstić information content (AvgIpc) is 2.98. The lowest BCUT2D eigenvalue weighted by molar-refractivity contribution is -0.153. The number of carbonyl (C=O) groups excluding carboxylic acids is 2. The summed E-state index contributed by atoms with van der Waals surface area (Å²) in [5, 5.41) is 8.85. The Labute approximate surface area is 164 Å². The van der Waals surface area contributed by atoms with Gasteiger partial charge in [-0.25, -0.2) is 18.7 Å². The number of rotatable bonds is 7. The topological polar surface area (TPSA) is 122 Å². The van der Waals surface area contributed by atoms with E-state index in [4.69, 9.17) is 9.94 Å². The van der Waals surface area contributed by atoms with Crippen LogP contribution in [0.5, 0.6) is 5.75 Å². The Morgan fingerprint density at radius 1 is 1.34 bits per heavy atom. The van der Waals surface area contributed by atoms with Gasteiger partial charge < -0.3 is 9.47 Å². The summed E-state index contributed by atoms with van der Waals surface area (Å²) < 4.78 is 68.2. The fourth-order valence-corrected chi connectivity index (χ4v) is 3.56. The molecule has 29 heavy (non-hydrogen) atoms. The van der Waals surface area contributed by atoms with Crippen LogP contribution < -0.4 is 15.1 Å². The third-order valence-electron chi connectivity index (χ3n) is 4.44. The molecular weight excluding hydrogens is 421 g/mol. The highest BCUT2D eigenvalue weighted by Gasteiger charge is 2.48. The summed E-state index contributed by atoms with van der Waals surface area (Å²) in [4.78, 5) is 25.1. The second-order valence-corrected chi connectivity index (χ2v) is 9.11. The number of hydrogen-bond donors (Lipinski definition) is 2. The van der Waals surface area contributed by atoms with Gasteiger partial charge in [0.2, 0.25) is 0 Å². The van der Waals surface area contributed by atoms with E-state index in [9.17, 15) is 31.2 Å². The van der Waals surface area contributed by atoms with Crippen LogP contribution in [0.25, 0.3) is 0 Å². The van der Waals surface area contributed by atoms with Gasteiger partial charge in [-0.1, -0.05) is 0 Å². The first-order valence-corrected chi connectivity index (χ1v) is 10.1. The Bertz CT molecular complexity index is 873. The number of carbonyl (C=O) groups is 2. The van der Waals surface area contributed by atoms with Gasteiger partial charge in [0.25, 0.3) is 5.91 Å². The van der Waals surface area contributed by atoms with E-state index in [1.54, 1.807) is 0 Å². The Kier molecular flexibility index (Phi) is 6.33. The predicted octanol–water partition coefficient (Wildman–Crippen LogP) is 1.65. The number of cyclic esters (lactones) is 1. The van der Waals surface area contributed by atoms with E-state index in [2.05, 4.69) is 4.74 Å². The van der Waals surface area contributed by atoms with Crippen LogP contribution in [0.3, 0.4) is 0 Å². The molecule has 0 aliphatic carbocycles. The molecule has 9 nitrogen and oxygen atoms in total. The standard InChI is InChI=1S/C16H19F3N2O7S/c1-15(13(22)20-24,29(2,25)26)7-12-8-21(14(23)28-12)10-3-5-11(6-4-10)27-9-16(17,18)19/h3-6,12,24H,7-9H2,1-2H3,(H,20,22)/t12-,15+/m0/s1. The summed E-state index contributed by atoms with van der Waals surface area (Å²) in [5.74, 6) is -1.22. The highest BCUT2D eigenvalue weighted by Crippen LogP contribution is 2.31. The van der Waals surface area contributed by atoms with Crippen LogP contribution >= 0.6 is 0 Å². The summed E-state index contributed by atoms with van der Waals surface area (Å²) in [6, 6.07) is 5.15. The van der Waals surface area contributed by atoms with Gasteiger partial charge in [0.1, 0.15) is 11.9 Å². The van der Waals surface area contributed by atoms with Crippen molar-refractivity contribution in [3.8, 4) is 5.75 Å². The van der Waals surface area contributed by atoms with Crippen LogP contribution in [0.15, 0.2) is 24.3 Å². The number of benzene rings is 1. The largest absolute Gasteiger partial charge is 0.484 e. The van der Waals surface area contributed by atoms with E-state index in [1.807, 2.05) is 0 Å². The van der Waals surface area contributed by atoms with Crippen molar-refractivity contribution in [2.45, 2.75) is 30.4 Å². The molecule has 0 bridgehead atoms. The number of amides is 2. The lowest BCUT2D eigenvalue weighted by atomic mass is 10.0. The maximum atomic E-state index is 12.2. The smallest absolute Gasteiger partial charge is 0.422 e. The highest BCUT2D eigenvalue weighted by molar-refractivity contribution is 7.92. The summed E-state index contributed by atoms with van der Waals surface area (Å²) >= 11 is 0. The van der Waals surface area contributed by atoms with Crippen molar-refractivity contribution in [2.75, 3.05) is 24.3 Å². The van der Waals surface area contributed by atoms with E-state index in [0.29, 0.717) is 0 Å². The van der Waals surface area contributed by atoms with Crippen molar-refractivity contribution in [3.63, 3.8) is 0 Å². The number of halogens is 3. The van der Waals surface area contributed by atoms with Crippen LogP contribution in [-0.4, -0.2) is 62.1 Å². The van der Waals surface area contributed by atoms with Crippen LogP contribution in [0.1, 0.15) is 13.3 Å². The van der Waals surface area contributed by atoms with Crippen LogP contribution in [0, 0.1) is 0 Å². The lowest BCUT2D eigenvalue weighted by Crippen LogP contribution is -2.51. The van der Waals surface area contributed by atoms with Gasteiger partial charge in [0.05, 0.1) is 6.54 Å². The molecule has 1 saturated heterocycles. The quantitative estimate of drug-likeness (QED) is 0.488. The maximum Gasteiger partial charge on any atom is 0.422 e. The molecule has 1 aliphatic heterocycles. The molecule has 2 amide bonds. The molecule has 2 rings (SSSR count). The Hall–Kier alpha value is -2.54. The van der Waals surface area contributed by atoms with Crippen molar-refractivity contribution < 1.29 is 45.9 Å². The van der Waals surface area contributed by atoms with E-state index in [-0.39, 0.29) is 18.0 Å². The fourth-order valence-electron chi connectivity index (χ4n) is 2.69. The number of hydroxylamine groups is 1. The number of hydrogen-bond acceptors (Lipinski definition) is 7. The molecule has 0 aromatic heterocycles. The van der Waals surface area contributed by atoms with Gasteiger partial charge in [-0.2, -0.15) is 13.2 Å². The van der Waals surface area contributed by atoms with Crippen LogP contribution in [0.2, 0.25) is 0 Å². The molecule has 1 aliphatic rings. The third kappa shape index (κ3) is 5.29. The van der Waals surface area contributed by atoms with Gasteiger partial charge in [0.15, 0.2) is 21.2 Å². The number of sulfone groups is 1. The van der Waals surface area contributed by atoms with Crippen LogP contribution in [-0.2, 0) is 19.4 Å².